The van der Waals surface area contributed by atoms with Crippen molar-refractivity contribution in [2.75, 3.05) is 5.32 Å². The Bertz CT molecular complexity index is 1600. The van der Waals surface area contributed by atoms with Gasteiger partial charge >= 0.3 is 12.4 Å². The highest BCUT2D eigenvalue weighted by atomic mass is 19.4. The van der Waals surface area contributed by atoms with E-state index in [2.05, 4.69) is 15.4 Å². The van der Waals surface area contributed by atoms with E-state index in [4.69, 9.17) is 0 Å². The average molecular weight is 519 g/mol. The lowest BCUT2D eigenvalue weighted by molar-refractivity contribution is -0.143. The van der Waals surface area contributed by atoms with Crippen LogP contribution in [0.25, 0.3) is 16.5 Å². The van der Waals surface area contributed by atoms with Crippen molar-refractivity contribution in [3.05, 3.63) is 82.9 Å². The molecule has 0 saturated heterocycles. The van der Waals surface area contributed by atoms with Crippen LogP contribution >= 0.6 is 0 Å². The molecular weight excluding hydrogens is 508 g/mol. The molecule has 2 N–H and O–H groups in total. The Labute approximate surface area is 201 Å². The highest BCUT2D eigenvalue weighted by Gasteiger charge is 2.41. The predicted molar refractivity (Wildman–Crippen MR) is 115 cm³/mol. The van der Waals surface area contributed by atoms with Crippen molar-refractivity contribution in [3.63, 3.8) is 0 Å². The van der Waals surface area contributed by atoms with Crippen LogP contribution in [0.1, 0.15) is 42.5 Å². The van der Waals surface area contributed by atoms with E-state index in [-0.39, 0.29) is 27.6 Å². The van der Waals surface area contributed by atoms with Gasteiger partial charge in [-0.1, -0.05) is 12.1 Å². The molecule has 188 valence electrons. The number of nitrogens with one attached hydrogen (secondary N) is 2. The lowest BCUT2D eigenvalue weighted by atomic mass is 9.94. The van der Waals surface area contributed by atoms with Crippen molar-refractivity contribution in [3.8, 4) is 5.69 Å². The normalized spacial score (nSPS) is 13.6. The monoisotopic (exact) mass is 519 g/mol. The number of alkyl halides is 6. The van der Waals surface area contributed by atoms with Crippen molar-refractivity contribution in [2.24, 2.45) is 0 Å². The van der Waals surface area contributed by atoms with E-state index in [1.807, 2.05) is 5.32 Å². The molecule has 3 amide bonds. The summed E-state index contributed by atoms with van der Waals surface area (Å²) in [6.45, 7) is 0. The van der Waals surface area contributed by atoms with Crippen LogP contribution in [0.4, 0.5) is 32.0 Å². The fourth-order valence-electron chi connectivity index (χ4n) is 4.02. The molecule has 14 heteroatoms. The SMILES string of the molecule is O=C(Nc1ccnc(C(F)(F)F)c1)c1cnn(-c2ccc3c4c(cccc24)C(=O)NC3=O)c1C(F)(F)F. The fourth-order valence-corrected chi connectivity index (χ4v) is 4.02. The molecule has 1 aliphatic heterocycles. The van der Waals surface area contributed by atoms with Crippen LogP contribution in [0, 0.1) is 0 Å². The highest BCUT2D eigenvalue weighted by Crippen LogP contribution is 2.37. The number of aromatic nitrogens is 3. The molecule has 4 aromatic rings. The van der Waals surface area contributed by atoms with Crippen LogP contribution < -0.4 is 10.6 Å². The summed E-state index contributed by atoms with van der Waals surface area (Å²) in [4.78, 5) is 40.4. The van der Waals surface area contributed by atoms with Gasteiger partial charge in [0.25, 0.3) is 17.7 Å². The van der Waals surface area contributed by atoms with E-state index in [1.54, 1.807) is 0 Å². The van der Waals surface area contributed by atoms with E-state index in [9.17, 15) is 40.7 Å². The second-order valence-electron chi connectivity index (χ2n) is 7.84. The number of pyridine rings is 1. The second-order valence-corrected chi connectivity index (χ2v) is 7.84. The summed E-state index contributed by atoms with van der Waals surface area (Å²) < 4.78 is 81.8. The minimum absolute atomic E-state index is 0.0609. The molecule has 0 atom stereocenters. The third kappa shape index (κ3) is 4.05. The number of imide groups is 1. The third-order valence-corrected chi connectivity index (χ3v) is 5.55. The largest absolute Gasteiger partial charge is 0.434 e. The summed E-state index contributed by atoms with van der Waals surface area (Å²) in [6.07, 6.45) is -8.60. The Kier molecular flexibility index (Phi) is 5.28. The maximum atomic E-state index is 14.2. The van der Waals surface area contributed by atoms with Crippen LogP contribution in [-0.2, 0) is 12.4 Å². The number of benzene rings is 2. The summed E-state index contributed by atoms with van der Waals surface area (Å²) in [5, 5.41) is 8.06. The topological polar surface area (TPSA) is 106 Å². The van der Waals surface area contributed by atoms with Crippen LogP contribution in [0.5, 0.6) is 0 Å². The molecule has 2 aromatic heterocycles. The molecule has 0 spiro atoms. The van der Waals surface area contributed by atoms with Gasteiger partial charge in [-0.25, -0.2) is 4.68 Å². The molecule has 1 aliphatic rings. The zero-order chi connectivity index (χ0) is 26.7. The average Bonchev–Trinajstić information content (AvgIpc) is 3.28. The fraction of sp³-hybridized carbons (Fsp3) is 0.0870. The number of carbonyl (C=O) groups is 3. The van der Waals surface area contributed by atoms with Gasteiger partial charge in [0.05, 0.1) is 17.4 Å². The standard InChI is InChI=1S/C23H11F6N5O3/c24-22(25,26)16-8-10(6-7-30-16)32-21(37)14-9-31-34(18(14)23(27,28)29)15-5-4-13-17-11(15)2-1-3-12(17)19(35)33-20(13)36/h1-9H,(H,30,32,37)(H,33,35,36). The van der Waals surface area contributed by atoms with Crippen LogP contribution in [0.2, 0.25) is 0 Å². The zero-order valence-electron chi connectivity index (χ0n) is 18.0. The van der Waals surface area contributed by atoms with Gasteiger partial charge in [-0.2, -0.15) is 31.4 Å². The number of amides is 3. The molecule has 8 nitrogen and oxygen atoms in total. The zero-order valence-corrected chi connectivity index (χ0v) is 18.0. The molecule has 2 aromatic carbocycles. The van der Waals surface area contributed by atoms with Crippen LogP contribution in [-0.4, -0.2) is 32.5 Å². The Morgan fingerprint density at radius 3 is 2.30 bits per heavy atom. The van der Waals surface area contributed by atoms with Gasteiger partial charge in [0.1, 0.15) is 5.69 Å². The molecule has 5 rings (SSSR count). The Balaban J connectivity index is 1.63. The maximum absolute atomic E-state index is 14.2. The van der Waals surface area contributed by atoms with Gasteiger partial charge in [-0.15, -0.1) is 0 Å². The third-order valence-electron chi connectivity index (χ3n) is 5.55. The number of halogens is 6. The highest BCUT2D eigenvalue weighted by molar-refractivity contribution is 6.26. The van der Waals surface area contributed by atoms with E-state index >= 15 is 0 Å². The molecular formula is C23H11F6N5O3. The molecule has 37 heavy (non-hydrogen) atoms. The first-order valence-corrected chi connectivity index (χ1v) is 10.3. The first-order valence-electron chi connectivity index (χ1n) is 10.3. The number of carbonyl (C=O) groups excluding carboxylic acids is 3. The van der Waals surface area contributed by atoms with Crippen molar-refractivity contribution in [2.45, 2.75) is 12.4 Å². The maximum Gasteiger partial charge on any atom is 0.434 e. The number of hydrogen-bond acceptors (Lipinski definition) is 5. The number of hydrogen-bond donors (Lipinski definition) is 2. The molecule has 0 radical (unpaired) electrons. The van der Waals surface area contributed by atoms with Crippen molar-refractivity contribution >= 4 is 34.2 Å². The van der Waals surface area contributed by atoms with E-state index < -0.39 is 52.7 Å². The molecule has 0 fully saturated rings. The predicted octanol–water partition coefficient (Wildman–Crippen LogP) is 4.59. The first kappa shape index (κ1) is 24.0. The molecule has 3 heterocycles. The lowest BCUT2D eigenvalue weighted by Gasteiger charge is -2.19. The van der Waals surface area contributed by atoms with Gasteiger partial charge in [0.15, 0.2) is 5.69 Å². The summed E-state index contributed by atoms with van der Waals surface area (Å²) in [5.74, 6) is -2.82. The Hall–Kier alpha value is -4.75. The summed E-state index contributed by atoms with van der Waals surface area (Å²) >= 11 is 0. The van der Waals surface area contributed by atoms with E-state index in [0.29, 0.717) is 16.9 Å². The van der Waals surface area contributed by atoms with Crippen LogP contribution in [0.15, 0.2) is 54.9 Å². The summed E-state index contributed by atoms with van der Waals surface area (Å²) in [7, 11) is 0. The van der Waals surface area contributed by atoms with Gasteiger partial charge in [-0.3, -0.25) is 24.7 Å². The Morgan fingerprint density at radius 1 is 0.919 bits per heavy atom. The molecule has 0 bridgehead atoms. The minimum Gasteiger partial charge on any atom is -0.322 e. The number of rotatable bonds is 3. The van der Waals surface area contributed by atoms with Gasteiger partial charge in [0.2, 0.25) is 0 Å². The van der Waals surface area contributed by atoms with Crippen molar-refractivity contribution < 1.29 is 40.7 Å². The van der Waals surface area contributed by atoms with E-state index in [1.165, 1.54) is 30.3 Å². The van der Waals surface area contributed by atoms with Crippen LogP contribution in [0.3, 0.4) is 0 Å². The lowest BCUT2D eigenvalue weighted by Crippen LogP contribution is -2.34. The Morgan fingerprint density at radius 2 is 1.62 bits per heavy atom. The number of nitrogens with zero attached hydrogens (tertiary/aromatic N) is 3. The summed E-state index contributed by atoms with van der Waals surface area (Å²) in [5.41, 5.74) is -4.32. The summed E-state index contributed by atoms with van der Waals surface area (Å²) in [6, 6.07) is 8.06. The molecule has 0 saturated carbocycles. The van der Waals surface area contributed by atoms with Crippen molar-refractivity contribution in [1.29, 1.82) is 0 Å². The van der Waals surface area contributed by atoms with E-state index in [0.717, 1.165) is 12.3 Å². The van der Waals surface area contributed by atoms with Gasteiger partial charge in [-0.05, 0) is 30.3 Å². The minimum atomic E-state index is -5.13. The molecule has 0 unspecified atom stereocenters. The van der Waals surface area contributed by atoms with Gasteiger partial charge < -0.3 is 5.32 Å². The first-order chi connectivity index (χ1) is 17.4. The second kappa shape index (κ2) is 8.15. The smallest absolute Gasteiger partial charge is 0.322 e. The number of anilines is 1. The quantitative estimate of drug-likeness (QED) is 0.304. The molecule has 0 aliphatic carbocycles. The van der Waals surface area contributed by atoms with Crippen molar-refractivity contribution in [1.82, 2.24) is 20.1 Å². The van der Waals surface area contributed by atoms with Gasteiger partial charge in [0, 0.05) is 33.8 Å².